The summed E-state index contributed by atoms with van der Waals surface area (Å²) in [5.74, 6) is 1.24. The van der Waals surface area contributed by atoms with Crippen LogP contribution in [0.15, 0.2) is 30.5 Å². The van der Waals surface area contributed by atoms with Crippen LogP contribution >= 0.6 is 11.6 Å². The van der Waals surface area contributed by atoms with Crippen LogP contribution in [-0.4, -0.2) is 60.2 Å². The molecule has 0 spiro atoms. The third kappa shape index (κ3) is 7.13. The molecule has 1 atom stereocenters. The van der Waals surface area contributed by atoms with Gasteiger partial charge in [-0.15, -0.1) is 0 Å². The SMILES string of the molecule is N#CC1(CNc2cccc(-c3cc(CC4CCC(NC[C@@H](O)CF)CC4)ncc3Cl)n2)CCOCC1. The highest BCUT2D eigenvalue weighted by molar-refractivity contribution is 6.33. The van der Waals surface area contributed by atoms with Gasteiger partial charge in [0.2, 0.25) is 0 Å². The Balaban J connectivity index is 1.36. The van der Waals surface area contributed by atoms with E-state index in [1.54, 1.807) is 6.20 Å². The predicted octanol–water partition coefficient (Wildman–Crippen LogP) is 4.55. The molecule has 1 aliphatic heterocycles. The fourth-order valence-electron chi connectivity index (χ4n) is 5.05. The van der Waals surface area contributed by atoms with Gasteiger partial charge in [-0.3, -0.25) is 4.98 Å². The maximum absolute atomic E-state index is 12.5. The van der Waals surface area contributed by atoms with Crippen LogP contribution in [0, 0.1) is 22.7 Å². The van der Waals surface area contributed by atoms with E-state index in [4.69, 9.17) is 21.3 Å². The van der Waals surface area contributed by atoms with Gasteiger partial charge in [0.05, 0.1) is 28.3 Å². The Hall–Kier alpha value is -2.31. The first-order chi connectivity index (χ1) is 17.5. The monoisotopic (exact) mass is 515 g/mol. The molecule has 4 rings (SSSR count). The molecule has 0 amide bonds. The first-order valence-corrected chi connectivity index (χ1v) is 13.2. The summed E-state index contributed by atoms with van der Waals surface area (Å²) >= 11 is 6.53. The summed E-state index contributed by atoms with van der Waals surface area (Å²) < 4.78 is 17.9. The van der Waals surface area contributed by atoms with Crippen molar-refractivity contribution < 1.29 is 14.2 Å². The van der Waals surface area contributed by atoms with Crippen molar-refractivity contribution >= 4 is 17.4 Å². The lowest BCUT2D eigenvalue weighted by Gasteiger charge is -2.30. The number of alkyl halides is 1. The molecule has 36 heavy (non-hydrogen) atoms. The van der Waals surface area contributed by atoms with Gasteiger partial charge in [0.1, 0.15) is 12.5 Å². The third-order valence-corrected chi connectivity index (χ3v) is 7.70. The summed E-state index contributed by atoms with van der Waals surface area (Å²) in [4.78, 5) is 9.35. The van der Waals surface area contributed by atoms with Gasteiger partial charge in [0, 0.05) is 49.8 Å². The van der Waals surface area contributed by atoms with Crippen LogP contribution in [0.1, 0.15) is 44.2 Å². The van der Waals surface area contributed by atoms with Gasteiger partial charge in [0.15, 0.2) is 0 Å². The van der Waals surface area contributed by atoms with Crippen LogP contribution in [-0.2, 0) is 11.2 Å². The van der Waals surface area contributed by atoms with Crippen LogP contribution in [0.5, 0.6) is 0 Å². The number of hydrogen-bond acceptors (Lipinski definition) is 7. The molecule has 0 bridgehead atoms. The highest BCUT2D eigenvalue weighted by Crippen LogP contribution is 2.32. The Morgan fingerprint density at radius 1 is 1.25 bits per heavy atom. The number of nitriles is 1. The van der Waals surface area contributed by atoms with E-state index in [1.807, 2.05) is 24.3 Å². The molecule has 2 aliphatic rings. The number of hydrogen-bond donors (Lipinski definition) is 3. The van der Waals surface area contributed by atoms with Crippen molar-refractivity contribution in [3.05, 3.63) is 41.2 Å². The fraction of sp³-hybridized carbons (Fsp3) is 0.593. The minimum absolute atomic E-state index is 0.306. The summed E-state index contributed by atoms with van der Waals surface area (Å²) in [5.41, 5.74) is 2.18. The minimum atomic E-state index is -0.920. The number of nitrogens with one attached hydrogen (secondary N) is 2. The van der Waals surface area contributed by atoms with E-state index in [1.165, 1.54) is 0 Å². The second kappa shape index (κ2) is 12.8. The zero-order valence-electron chi connectivity index (χ0n) is 20.6. The molecular formula is C27H35ClFN5O2. The zero-order valence-corrected chi connectivity index (χ0v) is 21.3. The average Bonchev–Trinajstić information content (AvgIpc) is 2.93. The molecule has 2 fully saturated rings. The molecule has 194 valence electrons. The number of aliphatic hydroxyl groups excluding tert-OH is 1. The number of halogens is 2. The number of rotatable bonds is 10. The van der Waals surface area contributed by atoms with Crippen molar-refractivity contribution in [2.75, 3.05) is 38.3 Å². The zero-order chi connectivity index (χ0) is 25.4. The fourth-order valence-corrected chi connectivity index (χ4v) is 5.25. The van der Waals surface area contributed by atoms with E-state index in [0.29, 0.717) is 61.9 Å². The van der Waals surface area contributed by atoms with Crippen LogP contribution in [0.3, 0.4) is 0 Å². The number of aromatic nitrogens is 2. The standard InChI is InChI=1S/C27H35ClFN5O2/c28-24-16-32-21(12-19-4-6-20(7-5-19)31-15-22(35)14-29)13-23(24)25-2-1-3-26(34-25)33-18-27(17-30)8-10-36-11-9-27/h1-3,13,16,19-20,22,31,35H,4-12,14-15,18H2,(H,33,34)/t19?,20?,22-/m0/s1. The quantitative estimate of drug-likeness (QED) is 0.426. The Bertz CT molecular complexity index is 1040. The lowest BCUT2D eigenvalue weighted by atomic mass is 9.82. The van der Waals surface area contributed by atoms with E-state index >= 15 is 0 Å². The molecule has 1 saturated heterocycles. The molecular weight excluding hydrogens is 481 g/mol. The summed E-state index contributed by atoms with van der Waals surface area (Å²) in [6, 6.07) is 10.6. The summed E-state index contributed by atoms with van der Waals surface area (Å²) in [5, 5.41) is 26.3. The molecule has 0 unspecified atom stereocenters. The molecule has 2 aromatic heterocycles. The molecule has 1 aliphatic carbocycles. The number of pyridine rings is 2. The van der Waals surface area contributed by atoms with Crippen molar-refractivity contribution in [3.8, 4) is 17.3 Å². The van der Waals surface area contributed by atoms with Crippen molar-refractivity contribution in [2.45, 2.75) is 57.1 Å². The van der Waals surface area contributed by atoms with Gasteiger partial charge in [-0.2, -0.15) is 5.26 Å². The van der Waals surface area contributed by atoms with Crippen LogP contribution in [0.2, 0.25) is 5.02 Å². The lowest BCUT2D eigenvalue weighted by molar-refractivity contribution is 0.0455. The van der Waals surface area contributed by atoms with Gasteiger partial charge in [-0.25, -0.2) is 9.37 Å². The van der Waals surface area contributed by atoms with Gasteiger partial charge >= 0.3 is 0 Å². The Morgan fingerprint density at radius 3 is 2.75 bits per heavy atom. The smallest absolute Gasteiger partial charge is 0.126 e. The minimum Gasteiger partial charge on any atom is -0.389 e. The predicted molar refractivity (Wildman–Crippen MR) is 139 cm³/mol. The molecule has 7 nitrogen and oxygen atoms in total. The number of ether oxygens (including phenoxy) is 1. The first kappa shape index (κ1) is 26.7. The van der Waals surface area contributed by atoms with E-state index in [-0.39, 0.29) is 0 Å². The third-order valence-electron chi connectivity index (χ3n) is 7.40. The normalized spacial score (nSPS) is 22.5. The van der Waals surface area contributed by atoms with Gasteiger partial charge in [-0.05, 0) is 69.1 Å². The molecule has 9 heteroatoms. The summed E-state index contributed by atoms with van der Waals surface area (Å²) in [6.45, 7) is 1.34. The Kier molecular flexibility index (Phi) is 9.49. The van der Waals surface area contributed by atoms with Gasteiger partial charge in [-0.1, -0.05) is 17.7 Å². The van der Waals surface area contributed by atoms with E-state index < -0.39 is 18.2 Å². The van der Waals surface area contributed by atoms with E-state index in [0.717, 1.165) is 49.1 Å². The number of nitrogens with zero attached hydrogens (tertiary/aromatic N) is 3. The molecule has 2 aromatic rings. The second-order valence-corrected chi connectivity index (χ2v) is 10.5. The topological polar surface area (TPSA) is 103 Å². The maximum Gasteiger partial charge on any atom is 0.126 e. The number of anilines is 1. The van der Waals surface area contributed by atoms with Crippen molar-refractivity contribution in [2.24, 2.45) is 11.3 Å². The highest BCUT2D eigenvalue weighted by atomic mass is 35.5. The highest BCUT2D eigenvalue weighted by Gasteiger charge is 2.32. The second-order valence-electron chi connectivity index (χ2n) is 10.1. The van der Waals surface area contributed by atoms with Crippen molar-refractivity contribution in [1.29, 1.82) is 5.26 Å². The largest absolute Gasteiger partial charge is 0.389 e. The Morgan fingerprint density at radius 2 is 2.03 bits per heavy atom. The van der Waals surface area contributed by atoms with E-state index in [2.05, 4.69) is 21.7 Å². The van der Waals surface area contributed by atoms with Crippen LogP contribution < -0.4 is 10.6 Å². The van der Waals surface area contributed by atoms with Crippen molar-refractivity contribution in [1.82, 2.24) is 15.3 Å². The lowest BCUT2D eigenvalue weighted by Crippen LogP contribution is -2.38. The molecule has 3 heterocycles. The molecule has 0 aromatic carbocycles. The van der Waals surface area contributed by atoms with Crippen LogP contribution in [0.25, 0.3) is 11.3 Å². The number of aliphatic hydroxyl groups is 1. The molecule has 0 radical (unpaired) electrons. The van der Waals surface area contributed by atoms with Gasteiger partial charge < -0.3 is 20.5 Å². The molecule has 1 saturated carbocycles. The molecule has 3 N–H and O–H groups in total. The Labute approximate surface area is 217 Å². The maximum atomic E-state index is 12.5. The van der Waals surface area contributed by atoms with Crippen LogP contribution in [0.4, 0.5) is 10.2 Å². The average molecular weight is 516 g/mol. The first-order valence-electron chi connectivity index (χ1n) is 12.8. The summed E-state index contributed by atoms with van der Waals surface area (Å²) in [6.07, 6.45) is 7.22. The van der Waals surface area contributed by atoms with Crippen molar-refractivity contribution in [3.63, 3.8) is 0 Å². The van der Waals surface area contributed by atoms with Gasteiger partial charge in [0.25, 0.3) is 0 Å². The summed E-state index contributed by atoms with van der Waals surface area (Å²) in [7, 11) is 0. The van der Waals surface area contributed by atoms with E-state index in [9.17, 15) is 14.8 Å².